The number of aromatic amines is 1. The second-order valence-corrected chi connectivity index (χ2v) is 5.16. The Balaban J connectivity index is 1.94. The number of ketones is 1. The van der Waals surface area contributed by atoms with Crippen molar-refractivity contribution in [1.82, 2.24) is 15.2 Å². The summed E-state index contributed by atoms with van der Waals surface area (Å²) in [5.74, 6) is -0.441. The molecule has 0 bridgehead atoms. The first-order valence-electron chi connectivity index (χ1n) is 6.20. The molecule has 6 heteroatoms. The molecule has 0 amide bonds. The topological polar surface area (TPSA) is 78.9 Å². The highest BCUT2D eigenvalue weighted by Crippen LogP contribution is 2.30. The number of carbonyl (C=O) groups excluding carboxylic acids is 1. The Morgan fingerprint density at radius 2 is 2.05 bits per heavy atom. The van der Waals surface area contributed by atoms with Gasteiger partial charge in [-0.15, -0.1) is 11.3 Å². The molecule has 3 rings (SSSR count). The van der Waals surface area contributed by atoms with Gasteiger partial charge in [-0.3, -0.25) is 9.89 Å². The van der Waals surface area contributed by atoms with Gasteiger partial charge in [0.2, 0.25) is 5.82 Å². The minimum atomic E-state index is -0.280. The molecule has 21 heavy (non-hydrogen) atoms. The lowest BCUT2D eigenvalue weighted by atomic mass is 10.1. The lowest BCUT2D eigenvalue weighted by Gasteiger charge is -2.01. The van der Waals surface area contributed by atoms with Crippen LogP contribution in [0.5, 0.6) is 0 Å². The predicted octanol–water partition coefficient (Wildman–Crippen LogP) is 3.32. The van der Waals surface area contributed by atoms with Crippen molar-refractivity contribution in [3.63, 3.8) is 0 Å². The van der Waals surface area contributed by atoms with Crippen LogP contribution in [0.4, 0.5) is 0 Å². The highest BCUT2D eigenvalue weighted by Gasteiger charge is 2.14. The van der Waals surface area contributed by atoms with Crippen LogP contribution in [0.25, 0.3) is 16.2 Å². The van der Waals surface area contributed by atoms with E-state index in [0.29, 0.717) is 5.56 Å². The average molecular weight is 297 g/mol. The highest BCUT2D eigenvalue weighted by molar-refractivity contribution is 7.14. The molecule has 1 aromatic carbocycles. The third-order valence-corrected chi connectivity index (χ3v) is 3.84. The zero-order valence-electron chi connectivity index (χ0n) is 10.9. The molecule has 0 aliphatic rings. The number of hydrogen-bond acceptors (Lipinski definition) is 5. The number of nitrogens with one attached hydrogen (secondary N) is 1. The predicted molar refractivity (Wildman–Crippen MR) is 81.1 cm³/mol. The van der Waals surface area contributed by atoms with E-state index in [2.05, 4.69) is 15.2 Å². The van der Waals surface area contributed by atoms with Crippen molar-refractivity contribution in [2.24, 2.45) is 0 Å². The fourth-order valence-corrected chi connectivity index (χ4v) is 2.82. The van der Waals surface area contributed by atoms with E-state index in [9.17, 15) is 9.90 Å². The van der Waals surface area contributed by atoms with Gasteiger partial charge >= 0.3 is 0 Å². The molecule has 0 saturated heterocycles. The third-order valence-electron chi connectivity index (χ3n) is 2.88. The van der Waals surface area contributed by atoms with Gasteiger partial charge in [-0.05, 0) is 17.0 Å². The summed E-state index contributed by atoms with van der Waals surface area (Å²) in [6, 6.07) is 11.4. The quantitative estimate of drug-likeness (QED) is 0.440. The monoisotopic (exact) mass is 297 g/mol. The fourth-order valence-electron chi connectivity index (χ4n) is 1.92. The van der Waals surface area contributed by atoms with E-state index in [-0.39, 0.29) is 17.4 Å². The Morgan fingerprint density at radius 1 is 1.24 bits per heavy atom. The van der Waals surface area contributed by atoms with Gasteiger partial charge in [-0.1, -0.05) is 30.3 Å². The Morgan fingerprint density at radius 3 is 2.76 bits per heavy atom. The van der Waals surface area contributed by atoms with Crippen LogP contribution in [0.3, 0.4) is 0 Å². The summed E-state index contributed by atoms with van der Waals surface area (Å²) in [4.78, 5) is 17.0. The molecule has 0 atom stereocenters. The molecule has 0 unspecified atom stereocenters. The molecular weight excluding hydrogens is 286 g/mol. The lowest BCUT2D eigenvalue weighted by Crippen LogP contribution is -1.97. The van der Waals surface area contributed by atoms with Crippen LogP contribution in [0.2, 0.25) is 0 Å². The van der Waals surface area contributed by atoms with Crippen LogP contribution in [-0.2, 0) is 0 Å². The second-order valence-electron chi connectivity index (χ2n) is 4.25. The number of nitrogens with zero attached hydrogens (tertiary/aromatic N) is 2. The summed E-state index contributed by atoms with van der Waals surface area (Å²) >= 11 is 1.49. The van der Waals surface area contributed by atoms with E-state index in [1.165, 1.54) is 17.7 Å². The molecule has 2 heterocycles. The molecule has 0 aliphatic heterocycles. The van der Waals surface area contributed by atoms with Crippen LogP contribution in [0.1, 0.15) is 16.2 Å². The molecule has 0 aliphatic carbocycles. The standard InChI is InChI=1S/C15H11N3O2S/c19-12(8-13(20)15-16-9-17-18-15)11-6-7-21-14(11)10-4-2-1-3-5-10/h1-9,20H,(H,16,17,18). The molecule has 5 nitrogen and oxygen atoms in total. The van der Waals surface area contributed by atoms with E-state index in [4.69, 9.17) is 0 Å². The van der Waals surface area contributed by atoms with Crippen LogP contribution < -0.4 is 0 Å². The number of hydrogen-bond donors (Lipinski definition) is 2. The Labute approximate surface area is 124 Å². The van der Waals surface area contributed by atoms with Crippen LogP contribution in [-0.4, -0.2) is 26.1 Å². The summed E-state index contributed by atoms with van der Waals surface area (Å²) in [6.07, 6.45) is 2.47. The first kappa shape index (κ1) is 13.3. The van der Waals surface area contributed by atoms with Crippen LogP contribution in [0.15, 0.2) is 54.2 Å². The van der Waals surface area contributed by atoms with Gasteiger partial charge in [0.15, 0.2) is 11.5 Å². The van der Waals surface area contributed by atoms with Crippen LogP contribution in [0, 0.1) is 0 Å². The molecule has 104 valence electrons. The fraction of sp³-hybridized carbons (Fsp3) is 0. The largest absolute Gasteiger partial charge is 0.504 e. The molecule has 0 fully saturated rings. The van der Waals surface area contributed by atoms with Gasteiger partial charge in [0, 0.05) is 16.5 Å². The molecule has 0 radical (unpaired) electrons. The van der Waals surface area contributed by atoms with Crippen molar-refractivity contribution < 1.29 is 9.90 Å². The maximum absolute atomic E-state index is 12.3. The van der Waals surface area contributed by atoms with E-state index < -0.39 is 0 Å². The lowest BCUT2D eigenvalue weighted by molar-refractivity contribution is 0.104. The van der Waals surface area contributed by atoms with E-state index >= 15 is 0 Å². The molecule has 3 aromatic rings. The number of H-pyrrole nitrogens is 1. The number of allylic oxidation sites excluding steroid dienone is 1. The first-order chi connectivity index (χ1) is 10.3. The van der Waals surface area contributed by atoms with Crippen LogP contribution >= 0.6 is 11.3 Å². The Bertz CT molecular complexity index is 776. The van der Waals surface area contributed by atoms with E-state index in [1.807, 2.05) is 35.7 Å². The van der Waals surface area contributed by atoms with Crippen molar-refractivity contribution >= 4 is 22.9 Å². The second kappa shape index (κ2) is 5.72. The third kappa shape index (κ3) is 2.75. The minimum absolute atomic E-state index is 0.0971. The Hall–Kier alpha value is -2.73. The average Bonchev–Trinajstić information content (AvgIpc) is 3.19. The number of carbonyl (C=O) groups is 1. The number of aromatic nitrogens is 3. The van der Waals surface area contributed by atoms with Gasteiger partial charge in [0.25, 0.3) is 0 Å². The zero-order valence-corrected chi connectivity index (χ0v) is 11.7. The maximum Gasteiger partial charge on any atom is 0.215 e. The van der Waals surface area contributed by atoms with Gasteiger partial charge in [0.1, 0.15) is 6.33 Å². The van der Waals surface area contributed by atoms with E-state index in [0.717, 1.165) is 16.5 Å². The van der Waals surface area contributed by atoms with Crippen molar-refractivity contribution in [1.29, 1.82) is 0 Å². The van der Waals surface area contributed by atoms with Crippen molar-refractivity contribution in [3.05, 3.63) is 65.6 Å². The normalized spacial score (nSPS) is 11.5. The summed E-state index contributed by atoms with van der Waals surface area (Å²) < 4.78 is 0. The molecule has 0 spiro atoms. The number of benzene rings is 1. The highest BCUT2D eigenvalue weighted by atomic mass is 32.1. The first-order valence-corrected chi connectivity index (χ1v) is 7.07. The van der Waals surface area contributed by atoms with Gasteiger partial charge in [0.05, 0.1) is 0 Å². The smallest absolute Gasteiger partial charge is 0.215 e. The van der Waals surface area contributed by atoms with Gasteiger partial charge < -0.3 is 5.11 Å². The summed E-state index contributed by atoms with van der Waals surface area (Å²) in [7, 11) is 0. The number of aliphatic hydroxyl groups excluding tert-OH is 1. The number of rotatable bonds is 4. The van der Waals surface area contributed by atoms with E-state index in [1.54, 1.807) is 6.07 Å². The summed E-state index contributed by atoms with van der Waals surface area (Å²) in [5, 5.41) is 17.9. The summed E-state index contributed by atoms with van der Waals surface area (Å²) in [6.45, 7) is 0. The summed E-state index contributed by atoms with van der Waals surface area (Å²) in [5.41, 5.74) is 1.52. The van der Waals surface area contributed by atoms with Gasteiger partial charge in [-0.2, -0.15) is 5.10 Å². The minimum Gasteiger partial charge on any atom is -0.504 e. The van der Waals surface area contributed by atoms with Crippen molar-refractivity contribution in [3.8, 4) is 10.4 Å². The molecule has 2 N–H and O–H groups in total. The zero-order chi connectivity index (χ0) is 14.7. The number of aliphatic hydroxyl groups is 1. The molecule has 0 saturated carbocycles. The number of thiophene rings is 1. The maximum atomic E-state index is 12.3. The Kier molecular flexibility index (Phi) is 3.61. The van der Waals surface area contributed by atoms with Crippen molar-refractivity contribution in [2.45, 2.75) is 0 Å². The van der Waals surface area contributed by atoms with Gasteiger partial charge in [-0.25, -0.2) is 4.98 Å². The SMILES string of the molecule is O=C(C=C(O)c1nc[nH]n1)c1ccsc1-c1ccccc1. The molecule has 2 aromatic heterocycles. The van der Waals surface area contributed by atoms with Crippen molar-refractivity contribution in [2.75, 3.05) is 0 Å². The molecular formula is C15H11N3O2S.